The molecule has 104 valence electrons. The van der Waals surface area contributed by atoms with Crippen molar-refractivity contribution < 1.29 is 0 Å². The van der Waals surface area contributed by atoms with Crippen LogP contribution in [0.2, 0.25) is 5.02 Å². The summed E-state index contributed by atoms with van der Waals surface area (Å²) in [7, 11) is 0. The molecule has 0 aliphatic heterocycles. The summed E-state index contributed by atoms with van der Waals surface area (Å²) in [6, 6.07) is 0.378. The maximum Gasteiger partial charge on any atom is 0.111 e. The normalized spacial score (nSPS) is 13.4. The molecular formula is C14H19Cl2N3. The van der Waals surface area contributed by atoms with Gasteiger partial charge in [0.05, 0.1) is 16.7 Å². The van der Waals surface area contributed by atoms with Gasteiger partial charge in [-0.15, -0.1) is 11.6 Å². The highest BCUT2D eigenvalue weighted by Crippen LogP contribution is 2.32. The zero-order valence-electron chi connectivity index (χ0n) is 11.5. The third-order valence-electron chi connectivity index (χ3n) is 3.46. The molecule has 5 heteroatoms. The van der Waals surface area contributed by atoms with Gasteiger partial charge < -0.3 is 4.57 Å². The van der Waals surface area contributed by atoms with Crippen molar-refractivity contribution in [2.75, 3.05) is 5.88 Å². The predicted octanol–water partition coefficient (Wildman–Crippen LogP) is 4.47. The number of fused-ring (bicyclic) bond motifs is 1. The van der Waals surface area contributed by atoms with Crippen LogP contribution in [0.4, 0.5) is 0 Å². The second-order valence-electron chi connectivity index (χ2n) is 5.05. The lowest BCUT2D eigenvalue weighted by molar-refractivity contribution is 0.365. The van der Waals surface area contributed by atoms with E-state index in [1.165, 1.54) is 0 Å². The molecule has 2 rings (SSSR count). The number of aryl methyl sites for hydroxylation is 1. The highest BCUT2D eigenvalue weighted by atomic mass is 35.5. The Labute approximate surface area is 123 Å². The number of alkyl halides is 1. The van der Waals surface area contributed by atoms with E-state index in [1.807, 2.05) is 0 Å². The van der Waals surface area contributed by atoms with Gasteiger partial charge in [-0.1, -0.05) is 32.4 Å². The lowest BCUT2D eigenvalue weighted by Crippen LogP contribution is -2.17. The molecule has 0 N–H and O–H groups in total. The van der Waals surface area contributed by atoms with Crippen LogP contribution in [0.15, 0.2) is 12.4 Å². The molecule has 2 aromatic rings. The van der Waals surface area contributed by atoms with E-state index in [2.05, 4.69) is 35.3 Å². The number of halogens is 2. The fraction of sp³-hybridized carbons (Fsp3) is 0.571. The summed E-state index contributed by atoms with van der Waals surface area (Å²) in [5, 5.41) is 0.657. The number of nitrogens with zero attached hydrogens (tertiary/aromatic N) is 3. The first kappa shape index (κ1) is 14.6. The van der Waals surface area contributed by atoms with Crippen LogP contribution < -0.4 is 0 Å². The minimum atomic E-state index is 0.378. The number of aromatic nitrogens is 3. The lowest BCUT2D eigenvalue weighted by atomic mass is 10.0. The zero-order valence-corrected chi connectivity index (χ0v) is 13.0. The van der Waals surface area contributed by atoms with Crippen LogP contribution in [-0.2, 0) is 6.42 Å². The average molecular weight is 300 g/mol. The van der Waals surface area contributed by atoms with Crippen molar-refractivity contribution in [2.45, 2.75) is 39.7 Å². The SMILES string of the molecule is CCC(C(C)C)n1c(CCCl)nc2cncc(Cl)c21. The van der Waals surface area contributed by atoms with Gasteiger partial charge in [0, 0.05) is 24.5 Å². The molecule has 0 amide bonds. The standard InChI is InChI=1S/C14H19Cl2N3/c1-4-12(9(2)3)19-13(5-6-15)18-11-8-17-7-10(16)14(11)19/h7-9,12H,4-6H2,1-3H3. The smallest absolute Gasteiger partial charge is 0.111 e. The van der Waals surface area contributed by atoms with Gasteiger partial charge in [0.2, 0.25) is 0 Å². The van der Waals surface area contributed by atoms with Crippen molar-refractivity contribution in [3.63, 3.8) is 0 Å². The first-order chi connectivity index (χ1) is 9.10. The van der Waals surface area contributed by atoms with Gasteiger partial charge in [-0.05, 0) is 12.3 Å². The molecule has 0 aliphatic carbocycles. The molecule has 0 aliphatic rings. The lowest BCUT2D eigenvalue weighted by Gasteiger charge is -2.24. The van der Waals surface area contributed by atoms with E-state index in [4.69, 9.17) is 23.2 Å². The molecule has 0 spiro atoms. The van der Waals surface area contributed by atoms with Crippen molar-refractivity contribution in [3.05, 3.63) is 23.2 Å². The van der Waals surface area contributed by atoms with Crippen LogP contribution in [0.25, 0.3) is 11.0 Å². The second kappa shape index (κ2) is 6.10. The van der Waals surface area contributed by atoms with Gasteiger partial charge in [0.15, 0.2) is 0 Å². The summed E-state index contributed by atoms with van der Waals surface area (Å²) in [4.78, 5) is 8.76. The fourth-order valence-corrected chi connectivity index (χ4v) is 3.04. The number of rotatable bonds is 5. The average Bonchev–Trinajstić information content (AvgIpc) is 2.70. The molecule has 0 saturated heterocycles. The van der Waals surface area contributed by atoms with Crippen molar-refractivity contribution in [2.24, 2.45) is 5.92 Å². The van der Waals surface area contributed by atoms with Crippen LogP contribution in [-0.4, -0.2) is 20.4 Å². The van der Waals surface area contributed by atoms with Gasteiger partial charge in [-0.3, -0.25) is 4.98 Å². The number of imidazole rings is 1. The molecule has 0 radical (unpaired) electrons. The first-order valence-corrected chi connectivity index (χ1v) is 7.57. The maximum atomic E-state index is 6.33. The Balaban J connectivity index is 2.69. The molecule has 3 nitrogen and oxygen atoms in total. The van der Waals surface area contributed by atoms with E-state index in [0.29, 0.717) is 22.9 Å². The van der Waals surface area contributed by atoms with Gasteiger partial charge in [-0.2, -0.15) is 0 Å². The van der Waals surface area contributed by atoms with E-state index >= 15 is 0 Å². The molecule has 2 heterocycles. The summed E-state index contributed by atoms with van der Waals surface area (Å²) in [6.07, 6.45) is 5.23. The van der Waals surface area contributed by atoms with E-state index < -0.39 is 0 Å². The number of hydrogen-bond donors (Lipinski definition) is 0. The van der Waals surface area contributed by atoms with Gasteiger partial charge in [0.25, 0.3) is 0 Å². The highest BCUT2D eigenvalue weighted by molar-refractivity contribution is 6.34. The first-order valence-electron chi connectivity index (χ1n) is 6.66. The zero-order chi connectivity index (χ0) is 14.0. The quantitative estimate of drug-likeness (QED) is 0.763. The van der Waals surface area contributed by atoms with Gasteiger partial charge in [0.1, 0.15) is 11.3 Å². The van der Waals surface area contributed by atoms with E-state index in [0.717, 1.165) is 29.7 Å². The fourth-order valence-electron chi connectivity index (χ4n) is 2.63. The van der Waals surface area contributed by atoms with Crippen molar-refractivity contribution in [1.82, 2.24) is 14.5 Å². The molecular weight excluding hydrogens is 281 g/mol. The van der Waals surface area contributed by atoms with Crippen LogP contribution in [0.5, 0.6) is 0 Å². The summed E-state index contributed by atoms with van der Waals surface area (Å²) in [5.74, 6) is 2.07. The van der Waals surface area contributed by atoms with E-state index in [-0.39, 0.29) is 0 Å². The molecule has 0 fully saturated rings. The minimum absolute atomic E-state index is 0.378. The van der Waals surface area contributed by atoms with Crippen LogP contribution in [0, 0.1) is 5.92 Å². The Morgan fingerprint density at radius 3 is 2.63 bits per heavy atom. The Kier molecular flexibility index (Phi) is 4.69. The topological polar surface area (TPSA) is 30.7 Å². The molecule has 1 atom stereocenters. The molecule has 0 bridgehead atoms. The Bertz CT molecular complexity index is 563. The monoisotopic (exact) mass is 299 g/mol. The summed E-state index contributed by atoms with van der Waals surface area (Å²) in [6.45, 7) is 6.63. The molecule has 0 aromatic carbocycles. The van der Waals surface area contributed by atoms with Gasteiger partial charge in [-0.25, -0.2) is 4.98 Å². The number of pyridine rings is 1. The van der Waals surface area contributed by atoms with Crippen molar-refractivity contribution in [3.8, 4) is 0 Å². The Hall–Kier alpha value is -0.800. The minimum Gasteiger partial charge on any atom is -0.323 e. The molecule has 0 saturated carbocycles. The predicted molar refractivity (Wildman–Crippen MR) is 81.1 cm³/mol. The van der Waals surface area contributed by atoms with Crippen molar-refractivity contribution >= 4 is 34.2 Å². The van der Waals surface area contributed by atoms with Gasteiger partial charge >= 0.3 is 0 Å². The summed E-state index contributed by atoms with van der Waals surface area (Å²) >= 11 is 12.2. The van der Waals surface area contributed by atoms with E-state index in [1.54, 1.807) is 12.4 Å². The Morgan fingerprint density at radius 1 is 1.32 bits per heavy atom. The molecule has 19 heavy (non-hydrogen) atoms. The van der Waals surface area contributed by atoms with Crippen molar-refractivity contribution in [1.29, 1.82) is 0 Å². The summed E-state index contributed by atoms with van der Waals surface area (Å²) < 4.78 is 2.26. The highest BCUT2D eigenvalue weighted by Gasteiger charge is 2.21. The third kappa shape index (κ3) is 2.72. The summed E-state index contributed by atoms with van der Waals surface area (Å²) in [5.41, 5.74) is 1.84. The molecule has 1 unspecified atom stereocenters. The maximum absolute atomic E-state index is 6.33. The third-order valence-corrected chi connectivity index (χ3v) is 3.93. The number of hydrogen-bond acceptors (Lipinski definition) is 2. The second-order valence-corrected chi connectivity index (χ2v) is 5.83. The van der Waals surface area contributed by atoms with Crippen LogP contribution in [0.1, 0.15) is 39.1 Å². The Morgan fingerprint density at radius 2 is 2.05 bits per heavy atom. The van der Waals surface area contributed by atoms with Crippen LogP contribution in [0.3, 0.4) is 0 Å². The largest absolute Gasteiger partial charge is 0.323 e. The van der Waals surface area contributed by atoms with E-state index in [9.17, 15) is 0 Å². The molecule has 2 aromatic heterocycles. The van der Waals surface area contributed by atoms with Crippen LogP contribution >= 0.6 is 23.2 Å².